The highest BCUT2D eigenvalue weighted by Crippen LogP contribution is 2.14. The molecule has 1 aliphatic heterocycles. The molecule has 0 saturated carbocycles. The molecule has 1 saturated heterocycles. The third-order valence-electron chi connectivity index (χ3n) is 4.34. The molecule has 0 aliphatic carbocycles. The molecule has 0 bridgehead atoms. The summed E-state index contributed by atoms with van der Waals surface area (Å²) >= 11 is 0. The zero-order valence-electron chi connectivity index (χ0n) is 14.0. The summed E-state index contributed by atoms with van der Waals surface area (Å²) in [4.78, 5) is 39.8. The van der Waals surface area contributed by atoms with Gasteiger partial charge in [-0.3, -0.25) is 14.4 Å². The molecule has 2 N–H and O–H groups in total. The van der Waals surface area contributed by atoms with Crippen LogP contribution in [0, 0.1) is 0 Å². The molecule has 1 aromatic heterocycles. The number of likely N-dealkylation sites (tertiary alicyclic amines) is 1. The minimum absolute atomic E-state index is 0.0727. The van der Waals surface area contributed by atoms with E-state index in [0.29, 0.717) is 17.7 Å². The Kier molecular flexibility index (Phi) is 5.28. The van der Waals surface area contributed by atoms with Crippen LogP contribution in [0.3, 0.4) is 0 Å². The minimum Gasteiger partial charge on any atom is -0.348 e. The number of nitrogens with zero attached hydrogens (tertiary/aromatic N) is 1. The molecule has 2 amide bonds. The van der Waals surface area contributed by atoms with Gasteiger partial charge in [0.2, 0.25) is 5.56 Å². The van der Waals surface area contributed by atoms with Gasteiger partial charge in [-0.1, -0.05) is 12.1 Å². The fourth-order valence-corrected chi connectivity index (χ4v) is 2.88. The van der Waals surface area contributed by atoms with Gasteiger partial charge < -0.3 is 15.2 Å². The van der Waals surface area contributed by atoms with Gasteiger partial charge in [0.1, 0.15) is 0 Å². The summed E-state index contributed by atoms with van der Waals surface area (Å²) in [6, 6.07) is 10.1. The van der Waals surface area contributed by atoms with E-state index in [4.69, 9.17) is 0 Å². The van der Waals surface area contributed by atoms with Crippen LogP contribution in [0.2, 0.25) is 0 Å². The summed E-state index contributed by atoms with van der Waals surface area (Å²) in [6.07, 6.45) is 4.72. The van der Waals surface area contributed by atoms with E-state index < -0.39 is 0 Å². The molecule has 0 unspecified atom stereocenters. The number of pyridine rings is 1. The largest absolute Gasteiger partial charge is 0.348 e. The number of carbonyl (C=O) groups is 2. The number of carbonyl (C=O) groups excluding carboxylic acids is 2. The average Bonchev–Trinajstić information content (AvgIpc) is 2.67. The quantitative estimate of drug-likeness (QED) is 0.893. The summed E-state index contributed by atoms with van der Waals surface area (Å²) in [5.74, 6) is -0.187. The van der Waals surface area contributed by atoms with Crippen molar-refractivity contribution in [1.29, 1.82) is 0 Å². The Labute approximate surface area is 145 Å². The fourth-order valence-electron chi connectivity index (χ4n) is 2.88. The summed E-state index contributed by atoms with van der Waals surface area (Å²) in [5, 5.41) is 2.79. The van der Waals surface area contributed by atoms with Crippen LogP contribution in [-0.4, -0.2) is 34.8 Å². The van der Waals surface area contributed by atoms with Crippen LogP contribution in [0.15, 0.2) is 47.4 Å². The maximum absolute atomic E-state index is 12.4. The molecule has 6 nitrogen and oxygen atoms in total. The second-order valence-corrected chi connectivity index (χ2v) is 6.17. The Morgan fingerprint density at radius 2 is 1.64 bits per heavy atom. The topological polar surface area (TPSA) is 82.3 Å². The van der Waals surface area contributed by atoms with Gasteiger partial charge in [-0.2, -0.15) is 0 Å². The lowest BCUT2D eigenvalue weighted by atomic mass is 10.1. The highest BCUT2D eigenvalue weighted by atomic mass is 16.2. The normalized spacial score (nSPS) is 14.2. The number of benzene rings is 1. The number of H-pyrrole nitrogens is 1. The summed E-state index contributed by atoms with van der Waals surface area (Å²) in [5.41, 5.74) is 1.74. The van der Waals surface area contributed by atoms with Crippen molar-refractivity contribution in [2.45, 2.75) is 25.8 Å². The first-order valence-electron chi connectivity index (χ1n) is 8.48. The molecule has 0 atom stereocenters. The summed E-state index contributed by atoms with van der Waals surface area (Å²) < 4.78 is 0. The molecule has 130 valence electrons. The van der Waals surface area contributed by atoms with E-state index in [9.17, 15) is 14.4 Å². The summed E-state index contributed by atoms with van der Waals surface area (Å²) in [7, 11) is 0. The predicted molar refractivity (Wildman–Crippen MR) is 94.4 cm³/mol. The average molecular weight is 339 g/mol. The molecule has 2 heterocycles. The van der Waals surface area contributed by atoms with Crippen LogP contribution >= 0.6 is 0 Å². The van der Waals surface area contributed by atoms with E-state index in [1.54, 1.807) is 12.1 Å². The van der Waals surface area contributed by atoms with Crippen molar-refractivity contribution in [3.63, 3.8) is 0 Å². The standard InChI is InChI=1S/C19H21N3O3/c23-17-9-8-16(13-20-17)18(24)21-12-14-4-6-15(7-5-14)19(25)22-10-2-1-3-11-22/h4-9,13H,1-3,10-12H2,(H,20,23)(H,21,24). The molecule has 1 aromatic carbocycles. The van der Waals surface area contributed by atoms with Crippen LogP contribution in [0.25, 0.3) is 0 Å². The van der Waals surface area contributed by atoms with Crippen LogP contribution in [-0.2, 0) is 6.54 Å². The molecule has 0 spiro atoms. The molecule has 0 radical (unpaired) electrons. The number of hydrogen-bond donors (Lipinski definition) is 2. The SMILES string of the molecule is O=C(NCc1ccc(C(=O)N2CCCCC2)cc1)c1ccc(=O)[nH]c1. The first kappa shape index (κ1) is 17.0. The fraction of sp³-hybridized carbons (Fsp3) is 0.316. The molecule has 1 fully saturated rings. The Hall–Kier alpha value is -2.89. The van der Waals surface area contributed by atoms with Crippen LogP contribution < -0.4 is 10.9 Å². The lowest BCUT2D eigenvalue weighted by Crippen LogP contribution is -2.35. The maximum atomic E-state index is 12.4. The first-order valence-corrected chi connectivity index (χ1v) is 8.48. The van der Waals surface area contributed by atoms with Gasteiger partial charge in [-0.15, -0.1) is 0 Å². The molecule has 6 heteroatoms. The Balaban J connectivity index is 1.57. The van der Waals surface area contributed by atoms with E-state index >= 15 is 0 Å². The second kappa shape index (κ2) is 7.79. The van der Waals surface area contributed by atoms with Crippen molar-refractivity contribution in [3.8, 4) is 0 Å². The highest BCUT2D eigenvalue weighted by molar-refractivity contribution is 5.94. The van der Waals surface area contributed by atoms with Crippen molar-refractivity contribution in [2.75, 3.05) is 13.1 Å². The Bertz CT molecular complexity index is 785. The molecule has 1 aliphatic rings. The Morgan fingerprint density at radius 1 is 0.960 bits per heavy atom. The van der Waals surface area contributed by atoms with Crippen LogP contribution in [0.4, 0.5) is 0 Å². The van der Waals surface area contributed by atoms with Crippen molar-refractivity contribution >= 4 is 11.8 Å². The van der Waals surface area contributed by atoms with Crippen molar-refractivity contribution in [3.05, 3.63) is 69.6 Å². The molecule has 25 heavy (non-hydrogen) atoms. The number of aromatic amines is 1. The molecular formula is C19H21N3O3. The van der Waals surface area contributed by atoms with Gasteiger partial charge >= 0.3 is 0 Å². The van der Waals surface area contributed by atoms with Crippen LogP contribution in [0.1, 0.15) is 45.5 Å². The maximum Gasteiger partial charge on any atom is 0.253 e. The zero-order valence-corrected chi connectivity index (χ0v) is 14.0. The first-order chi connectivity index (χ1) is 12.1. The van der Waals surface area contributed by atoms with Gasteiger partial charge in [0, 0.05) is 37.5 Å². The monoisotopic (exact) mass is 339 g/mol. The zero-order chi connectivity index (χ0) is 17.6. The summed E-state index contributed by atoms with van der Waals surface area (Å²) in [6.45, 7) is 2.02. The molecule has 2 aromatic rings. The van der Waals surface area contributed by atoms with E-state index in [1.165, 1.54) is 24.8 Å². The number of aromatic nitrogens is 1. The molecular weight excluding hydrogens is 318 g/mol. The molecule has 3 rings (SSSR count). The van der Waals surface area contributed by atoms with E-state index in [2.05, 4.69) is 10.3 Å². The van der Waals surface area contributed by atoms with Crippen molar-refractivity contribution in [2.24, 2.45) is 0 Å². The number of rotatable bonds is 4. The number of piperidine rings is 1. The third-order valence-corrected chi connectivity index (χ3v) is 4.34. The van der Waals surface area contributed by atoms with Gasteiger partial charge in [0.15, 0.2) is 0 Å². The second-order valence-electron chi connectivity index (χ2n) is 6.17. The Morgan fingerprint density at radius 3 is 2.28 bits per heavy atom. The number of amides is 2. The van der Waals surface area contributed by atoms with Gasteiger partial charge in [-0.25, -0.2) is 0 Å². The van der Waals surface area contributed by atoms with Crippen molar-refractivity contribution in [1.82, 2.24) is 15.2 Å². The third kappa shape index (κ3) is 4.35. The van der Waals surface area contributed by atoms with E-state index in [0.717, 1.165) is 31.5 Å². The van der Waals surface area contributed by atoms with Gasteiger partial charge in [-0.05, 0) is 43.0 Å². The lowest BCUT2D eigenvalue weighted by molar-refractivity contribution is 0.0724. The van der Waals surface area contributed by atoms with Gasteiger partial charge in [0.25, 0.3) is 11.8 Å². The highest BCUT2D eigenvalue weighted by Gasteiger charge is 2.17. The van der Waals surface area contributed by atoms with E-state index in [-0.39, 0.29) is 17.4 Å². The minimum atomic E-state index is -0.260. The lowest BCUT2D eigenvalue weighted by Gasteiger charge is -2.26. The van der Waals surface area contributed by atoms with Gasteiger partial charge in [0.05, 0.1) is 5.56 Å². The van der Waals surface area contributed by atoms with Crippen molar-refractivity contribution < 1.29 is 9.59 Å². The predicted octanol–water partition coefficient (Wildman–Crippen LogP) is 1.93. The number of hydrogen-bond acceptors (Lipinski definition) is 3. The van der Waals surface area contributed by atoms with E-state index in [1.807, 2.05) is 17.0 Å². The smallest absolute Gasteiger partial charge is 0.253 e. The number of nitrogens with one attached hydrogen (secondary N) is 2. The van der Waals surface area contributed by atoms with Crippen LogP contribution in [0.5, 0.6) is 0 Å².